The minimum Gasteiger partial charge on any atom is -0.368 e. The monoisotopic (exact) mass is 337 g/mol. The van der Waals surface area contributed by atoms with E-state index in [2.05, 4.69) is 42.0 Å². The molecule has 2 N–H and O–H groups in total. The Morgan fingerprint density at radius 3 is 2.33 bits per heavy atom. The van der Waals surface area contributed by atoms with E-state index in [1.807, 2.05) is 31.2 Å². The first kappa shape index (κ1) is 16.5. The van der Waals surface area contributed by atoms with Gasteiger partial charge in [0.05, 0.1) is 11.4 Å². The van der Waals surface area contributed by atoms with E-state index in [1.54, 1.807) is 0 Å². The molecule has 0 bridgehead atoms. The number of nitrogens with two attached hydrogens (primary N) is 1. The van der Waals surface area contributed by atoms with Crippen LogP contribution in [0.1, 0.15) is 23.7 Å². The molecule has 0 fully saturated rings. The highest BCUT2D eigenvalue weighted by Gasteiger charge is 2.16. The molecule has 0 radical (unpaired) electrons. The normalized spacial score (nSPS) is 10.8. The van der Waals surface area contributed by atoms with Crippen LogP contribution in [0.5, 0.6) is 0 Å². The average Bonchev–Trinajstić information content (AvgIpc) is 2.55. The molecule has 0 saturated carbocycles. The summed E-state index contributed by atoms with van der Waals surface area (Å²) in [4.78, 5) is 8.91. The Labute approximate surface area is 147 Å². The second-order valence-corrected chi connectivity index (χ2v) is 6.34. The molecule has 0 unspecified atom stereocenters. The van der Waals surface area contributed by atoms with Crippen LogP contribution >= 0.6 is 11.6 Å². The van der Waals surface area contributed by atoms with Gasteiger partial charge in [-0.3, -0.25) is 0 Å². The predicted octanol–water partition coefficient (Wildman–Crippen LogP) is 5.23. The Hall–Kier alpha value is -2.39. The number of hydrogen-bond acceptors (Lipinski definition) is 3. The highest BCUT2D eigenvalue weighted by molar-refractivity contribution is 6.30. The molecule has 1 heterocycles. The highest BCUT2D eigenvalue weighted by atomic mass is 35.5. The van der Waals surface area contributed by atoms with Gasteiger partial charge < -0.3 is 5.73 Å². The fraction of sp³-hybridized carbons (Fsp3) is 0.200. The quantitative estimate of drug-likeness (QED) is 0.712. The lowest BCUT2D eigenvalue weighted by Gasteiger charge is -2.15. The molecule has 1 aromatic heterocycles. The number of halogens is 1. The van der Waals surface area contributed by atoms with E-state index in [4.69, 9.17) is 17.3 Å². The zero-order chi connectivity index (χ0) is 17.3. The summed E-state index contributed by atoms with van der Waals surface area (Å²) in [5.41, 5.74) is 13.2. The van der Waals surface area contributed by atoms with Crippen LogP contribution in [0, 0.1) is 13.8 Å². The number of rotatable bonds is 3. The molecule has 2 aromatic carbocycles. The Kier molecular flexibility index (Phi) is 4.54. The number of nitrogen functional groups attached to an aromatic ring is 1. The SMILES string of the molecule is CCc1ccc(-c2nc(N)nc(C)c2-c2ccc(Cl)cc2)c(C)c1. The van der Waals surface area contributed by atoms with Gasteiger partial charge in [-0.25, -0.2) is 9.97 Å². The largest absolute Gasteiger partial charge is 0.368 e. The Morgan fingerprint density at radius 2 is 1.71 bits per heavy atom. The van der Waals surface area contributed by atoms with E-state index in [0.717, 1.165) is 34.5 Å². The maximum Gasteiger partial charge on any atom is 0.220 e. The van der Waals surface area contributed by atoms with Gasteiger partial charge in [0, 0.05) is 16.1 Å². The van der Waals surface area contributed by atoms with E-state index in [9.17, 15) is 0 Å². The van der Waals surface area contributed by atoms with Gasteiger partial charge in [0.1, 0.15) is 0 Å². The smallest absolute Gasteiger partial charge is 0.220 e. The van der Waals surface area contributed by atoms with Crippen molar-refractivity contribution in [2.24, 2.45) is 0 Å². The minimum absolute atomic E-state index is 0.291. The number of hydrogen-bond donors (Lipinski definition) is 1. The van der Waals surface area contributed by atoms with Crippen LogP contribution in [0.4, 0.5) is 5.95 Å². The van der Waals surface area contributed by atoms with Gasteiger partial charge in [0.2, 0.25) is 5.95 Å². The maximum absolute atomic E-state index is 6.03. The molecule has 3 rings (SSSR count). The summed E-state index contributed by atoms with van der Waals surface area (Å²) in [7, 11) is 0. The van der Waals surface area contributed by atoms with Gasteiger partial charge in [-0.15, -0.1) is 0 Å². The van der Waals surface area contributed by atoms with E-state index in [0.29, 0.717) is 11.0 Å². The summed E-state index contributed by atoms with van der Waals surface area (Å²) in [6.07, 6.45) is 1.01. The third-order valence-electron chi connectivity index (χ3n) is 4.19. The summed E-state index contributed by atoms with van der Waals surface area (Å²) in [6, 6.07) is 14.2. The second-order valence-electron chi connectivity index (χ2n) is 5.90. The second kappa shape index (κ2) is 6.62. The standard InChI is InChI=1S/C20H20ClN3/c1-4-14-5-10-17(12(2)11-14)19-18(13(3)23-20(22)24-19)15-6-8-16(21)9-7-15/h5-11H,4H2,1-3H3,(H2,22,23,24). The Balaban J connectivity index is 2.26. The van der Waals surface area contributed by atoms with Crippen molar-refractivity contribution in [1.82, 2.24) is 9.97 Å². The van der Waals surface area contributed by atoms with Gasteiger partial charge in [0.25, 0.3) is 0 Å². The third-order valence-corrected chi connectivity index (χ3v) is 4.45. The summed E-state index contributed by atoms with van der Waals surface area (Å²) >= 11 is 6.03. The fourth-order valence-electron chi connectivity index (χ4n) is 2.96. The molecule has 0 aliphatic carbocycles. The number of aryl methyl sites for hydroxylation is 3. The van der Waals surface area contributed by atoms with E-state index < -0.39 is 0 Å². The van der Waals surface area contributed by atoms with Crippen molar-refractivity contribution in [1.29, 1.82) is 0 Å². The zero-order valence-electron chi connectivity index (χ0n) is 14.1. The van der Waals surface area contributed by atoms with Crippen molar-refractivity contribution in [2.75, 3.05) is 5.73 Å². The molecule has 0 spiro atoms. The molecular formula is C20H20ClN3. The van der Waals surface area contributed by atoms with Gasteiger partial charge in [-0.2, -0.15) is 0 Å². The molecule has 24 heavy (non-hydrogen) atoms. The molecule has 0 atom stereocenters. The van der Waals surface area contributed by atoms with Crippen LogP contribution in [0.2, 0.25) is 5.02 Å². The van der Waals surface area contributed by atoms with Crippen LogP contribution in [0.3, 0.4) is 0 Å². The maximum atomic E-state index is 6.03. The van der Waals surface area contributed by atoms with Crippen molar-refractivity contribution in [2.45, 2.75) is 27.2 Å². The predicted molar refractivity (Wildman–Crippen MR) is 101 cm³/mol. The zero-order valence-corrected chi connectivity index (χ0v) is 14.9. The van der Waals surface area contributed by atoms with Gasteiger partial charge in [-0.05, 0) is 49.1 Å². The topological polar surface area (TPSA) is 51.8 Å². The summed E-state index contributed by atoms with van der Waals surface area (Å²) in [5.74, 6) is 0.291. The van der Waals surface area contributed by atoms with Crippen molar-refractivity contribution >= 4 is 17.5 Å². The first-order valence-corrected chi connectivity index (χ1v) is 8.37. The van der Waals surface area contributed by atoms with Gasteiger partial charge in [0.15, 0.2) is 0 Å². The van der Waals surface area contributed by atoms with E-state index >= 15 is 0 Å². The molecule has 0 aliphatic heterocycles. The summed E-state index contributed by atoms with van der Waals surface area (Å²) < 4.78 is 0. The molecule has 3 aromatic rings. The molecule has 4 heteroatoms. The van der Waals surface area contributed by atoms with Gasteiger partial charge >= 0.3 is 0 Å². The van der Waals surface area contributed by atoms with Crippen LogP contribution in [-0.4, -0.2) is 9.97 Å². The van der Waals surface area contributed by atoms with Crippen LogP contribution in [0.25, 0.3) is 22.4 Å². The Bertz CT molecular complexity index is 886. The molecular weight excluding hydrogens is 318 g/mol. The van der Waals surface area contributed by atoms with E-state index in [-0.39, 0.29) is 0 Å². The van der Waals surface area contributed by atoms with Crippen molar-refractivity contribution in [3.05, 3.63) is 64.3 Å². The first-order chi connectivity index (χ1) is 11.5. The van der Waals surface area contributed by atoms with Crippen LogP contribution in [-0.2, 0) is 6.42 Å². The molecule has 3 nitrogen and oxygen atoms in total. The summed E-state index contributed by atoms with van der Waals surface area (Å²) in [5, 5.41) is 0.706. The molecule has 0 amide bonds. The molecule has 0 aliphatic rings. The highest BCUT2D eigenvalue weighted by Crippen LogP contribution is 2.35. The van der Waals surface area contributed by atoms with Gasteiger partial charge in [-0.1, -0.05) is 48.9 Å². The molecule has 0 saturated heterocycles. The lowest BCUT2D eigenvalue weighted by atomic mass is 9.94. The fourth-order valence-corrected chi connectivity index (χ4v) is 3.09. The molecule has 122 valence electrons. The van der Waals surface area contributed by atoms with Crippen LogP contribution < -0.4 is 5.73 Å². The number of anilines is 1. The first-order valence-electron chi connectivity index (χ1n) is 7.99. The van der Waals surface area contributed by atoms with Crippen molar-refractivity contribution in [3.63, 3.8) is 0 Å². The number of nitrogens with zero attached hydrogens (tertiary/aromatic N) is 2. The van der Waals surface area contributed by atoms with Crippen molar-refractivity contribution in [3.8, 4) is 22.4 Å². The Morgan fingerprint density at radius 1 is 1.00 bits per heavy atom. The lowest BCUT2D eigenvalue weighted by molar-refractivity contribution is 1.11. The van der Waals surface area contributed by atoms with E-state index in [1.165, 1.54) is 11.1 Å². The number of benzene rings is 2. The third kappa shape index (κ3) is 3.13. The average molecular weight is 338 g/mol. The van der Waals surface area contributed by atoms with Crippen molar-refractivity contribution < 1.29 is 0 Å². The number of aromatic nitrogens is 2. The summed E-state index contributed by atoms with van der Waals surface area (Å²) in [6.45, 7) is 6.22. The lowest BCUT2D eigenvalue weighted by Crippen LogP contribution is -2.03. The van der Waals surface area contributed by atoms with Crippen LogP contribution in [0.15, 0.2) is 42.5 Å². The minimum atomic E-state index is 0.291.